The van der Waals surface area contributed by atoms with E-state index in [0.29, 0.717) is 22.3 Å². The minimum Gasteiger partial charge on any atom is -0.482 e. The van der Waals surface area contributed by atoms with Crippen LogP contribution in [0.2, 0.25) is 10.0 Å². The molecule has 0 bridgehead atoms. The average molecular weight is 425 g/mol. The number of hydrogen-bond acceptors (Lipinski definition) is 3. The van der Waals surface area contributed by atoms with Crippen LogP contribution in [-0.4, -0.2) is 47.5 Å². The molecule has 4 nitrogen and oxygen atoms in total. The number of piperazine rings is 1. The third kappa shape index (κ3) is 5.16. The van der Waals surface area contributed by atoms with Crippen molar-refractivity contribution in [2.45, 2.75) is 32.5 Å². The Bertz CT molecular complexity index is 832. The number of amides is 1. The summed E-state index contributed by atoms with van der Waals surface area (Å²) in [6, 6.07) is 11.7. The lowest BCUT2D eigenvalue weighted by Crippen LogP contribution is -2.58. The summed E-state index contributed by atoms with van der Waals surface area (Å²) in [5.74, 6) is 0.0791. The Morgan fingerprint density at radius 1 is 1.11 bits per heavy atom. The van der Waals surface area contributed by atoms with Gasteiger partial charge in [-0.15, -0.1) is 0 Å². The van der Waals surface area contributed by atoms with Crippen LogP contribution in [0, 0.1) is 5.82 Å². The molecule has 1 heterocycles. The molecular weight excluding hydrogens is 402 g/mol. The molecule has 0 aliphatic carbocycles. The third-order valence-electron chi connectivity index (χ3n) is 4.98. The predicted molar refractivity (Wildman–Crippen MR) is 109 cm³/mol. The molecule has 28 heavy (non-hydrogen) atoms. The minimum absolute atomic E-state index is 0.0441. The van der Waals surface area contributed by atoms with E-state index in [9.17, 15) is 9.18 Å². The molecule has 1 aliphatic heterocycles. The number of rotatable bonds is 5. The second-order valence-corrected chi connectivity index (χ2v) is 8.01. The summed E-state index contributed by atoms with van der Waals surface area (Å²) in [5, 5.41) is 0.922. The Balaban J connectivity index is 1.57. The highest BCUT2D eigenvalue weighted by atomic mass is 35.5. The molecule has 0 spiro atoms. The monoisotopic (exact) mass is 424 g/mol. The van der Waals surface area contributed by atoms with Crippen LogP contribution in [0.25, 0.3) is 0 Å². The standard InChI is InChI=1S/C21H23Cl2FN2O2/c1-14-11-26(21(27)13-28-20-9-17(22)5-8-19(20)23)15(2)10-25(14)12-16-3-6-18(24)7-4-16/h3-9,14-15H,10-13H2,1-2H3/t14-,15+/m1/s1. The highest BCUT2D eigenvalue weighted by Crippen LogP contribution is 2.28. The smallest absolute Gasteiger partial charge is 0.260 e. The topological polar surface area (TPSA) is 32.8 Å². The molecule has 150 valence electrons. The van der Waals surface area contributed by atoms with Crippen LogP contribution in [0.5, 0.6) is 5.75 Å². The molecule has 2 aromatic carbocycles. The van der Waals surface area contributed by atoms with Crippen molar-refractivity contribution in [2.24, 2.45) is 0 Å². The first kappa shape index (κ1) is 20.9. The fraction of sp³-hybridized carbons (Fsp3) is 0.381. The molecule has 1 amide bonds. The van der Waals surface area contributed by atoms with Crippen molar-refractivity contribution in [1.82, 2.24) is 9.80 Å². The zero-order valence-electron chi connectivity index (χ0n) is 15.9. The van der Waals surface area contributed by atoms with Crippen molar-refractivity contribution in [3.63, 3.8) is 0 Å². The van der Waals surface area contributed by atoms with E-state index in [4.69, 9.17) is 27.9 Å². The van der Waals surface area contributed by atoms with Gasteiger partial charge in [-0.1, -0.05) is 35.3 Å². The van der Waals surface area contributed by atoms with E-state index in [1.54, 1.807) is 30.3 Å². The summed E-state index contributed by atoms with van der Waals surface area (Å²) in [4.78, 5) is 16.8. The zero-order valence-corrected chi connectivity index (χ0v) is 17.4. The maximum Gasteiger partial charge on any atom is 0.260 e. The molecule has 1 aliphatic rings. The fourth-order valence-corrected chi connectivity index (χ4v) is 3.73. The van der Waals surface area contributed by atoms with Crippen molar-refractivity contribution in [3.05, 3.63) is 63.9 Å². The summed E-state index contributed by atoms with van der Waals surface area (Å²) in [5.41, 5.74) is 1.05. The van der Waals surface area contributed by atoms with E-state index in [0.717, 1.165) is 18.7 Å². The summed E-state index contributed by atoms with van der Waals surface area (Å²) in [6.07, 6.45) is 0. The minimum atomic E-state index is -0.236. The number of halogens is 3. The second kappa shape index (κ2) is 9.12. The van der Waals surface area contributed by atoms with Crippen LogP contribution in [0.3, 0.4) is 0 Å². The maximum absolute atomic E-state index is 13.1. The van der Waals surface area contributed by atoms with Gasteiger partial charge in [0, 0.05) is 42.8 Å². The molecular formula is C21H23Cl2FN2O2. The van der Waals surface area contributed by atoms with Gasteiger partial charge in [-0.05, 0) is 43.7 Å². The van der Waals surface area contributed by atoms with Crippen LogP contribution in [-0.2, 0) is 11.3 Å². The first-order valence-electron chi connectivity index (χ1n) is 9.19. The summed E-state index contributed by atoms with van der Waals surface area (Å²) < 4.78 is 18.7. The molecule has 0 aromatic heterocycles. The van der Waals surface area contributed by atoms with E-state index >= 15 is 0 Å². The summed E-state index contributed by atoms with van der Waals surface area (Å²) in [7, 11) is 0. The van der Waals surface area contributed by atoms with Gasteiger partial charge in [-0.2, -0.15) is 0 Å². The molecule has 3 rings (SSSR count). The molecule has 0 unspecified atom stereocenters. The number of ether oxygens (including phenoxy) is 1. The van der Waals surface area contributed by atoms with Crippen LogP contribution in [0.1, 0.15) is 19.4 Å². The van der Waals surface area contributed by atoms with E-state index in [1.807, 2.05) is 11.8 Å². The average Bonchev–Trinajstić information content (AvgIpc) is 2.66. The summed E-state index contributed by atoms with van der Waals surface area (Å²) >= 11 is 12.0. The molecule has 0 N–H and O–H groups in total. The van der Waals surface area contributed by atoms with Crippen molar-refractivity contribution in [2.75, 3.05) is 19.7 Å². The molecule has 0 saturated carbocycles. The number of carbonyl (C=O) groups is 1. The number of benzene rings is 2. The lowest BCUT2D eigenvalue weighted by atomic mass is 10.1. The molecule has 2 aromatic rings. The Morgan fingerprint density at radius 3 is 2.54 bits per heavy atom. The van der Waals surface area contributed by atoms with Crippen LogP contribution in [0.4, 0.5) is 4.39 Å². The van der Waals surface area contributed by atoms with Crippen LogP contribution < -0.4 is 4.74 Å². The van der Waals surface area contributed by atoms with Gasteiger partial charge < -0.3 is 9.64 Å². The maximum atomic E-state index is 13.1. The molecule has 0 radical (unpaired) electrons. The van der Waals surface area contributed by atoms with Crippen molar-refractivity contribution in [3.8, 4) is 5.75 Å². The van der Waals surface area contributed by atoms with E-state index < -0.39 is 0 Å². The zero-order chi connectivity index (χ0) is 20.3. The Hall–Kier alpha value is -1.82. The predicted octanol–water partition coefficient (Wildman–Crippen LogP) is 4.63. The first-order chi connectivity index (χ1) is 13.3. The van der Waals surface area contributed by atoms with Gasteiger partial charge in [0.2, 0.25) is 0 Å². The lowest BCUT2D eigenvalue weighted by Gasteiger charge is -2.44. The number of hydrogen-bond donors (Lipinski definition) is 0. The third-order valence-corrected chi connectivity index (χ3v) is 5.53. The molecule has 7 heteroatoms. The van der Waals surface area contributed by atoms with Gasteiger partial charge in [0.05, 0.1) is 5.02 Å². The van der Waals surface area contributed by atoms with E-state index in [-0.39, 0.29) is 30.4 Å². The van der Waals surface area contributed by atoms with Gasteiger partial charge in [0.1, 0.15) is 11.6 Å². The Labute approximate surface area is 174 Å². The van der Waals surface area contributed by atoms with Crippen molar-refractivity contribution in [1.29, 1.82) is 0 Å². The largest absolute Gasteiger partial charge is 0.482 e. The number of carbonyl (C=O) groups excluding carboxylic acids is 1. The normalized spacial score (nSPS) is 20.2. The highest BCUT2D eigenvalue weighted by molar-refractivity contribution is 6.34. The molecule has 1 saturated heterocycles. The Morgan fingerprint density at radius 2 is 1.82 bits per heavy atom. The SMILES string of the molecule is C[C@@H]1CN(C(=O)COc2cc(Cl)ccc2Cl)[C@@H](C)CN1Cc1ccc(F)cc1. The number of nitrogens with zero attached hydrogens (tertiary/aromatic N) is 2. The van der Waals surface area contributed by atoms with Gasteiger partial charge in [0.25, 0.3) is 5.91 Å². The van der Waals surface area contributed by atoms with Crippen molar-refractivity contribution >= 4 is 29.1 Å². The first-order valence-corrected chi connectivity index (χ1v) is 9.95. The van der Waals surface area contributed by atoms with Crippen LogP contribution >= 0.6 is 23.2 Å². The fourth-order valence-electron chi connectivity index (χ4n) is 3.40. The summed E-state index contributed by atoms with van der Waals surface area (Å²) in [6.45, 7) is 6.09. The Kier molecular flexibility index (Phi) is 6.81. The second-order valence-electron chi connectivity index (χ2n) is 7.16. The van der Waals surface area contributed by atoms with E-state index in [1.165, 1.54) is 12.1 Å². The van der Waals surface area contributed by atoms with Gasteiger partial charge in [-0.3, -0.25) is 9.69 Å². The van der Waals surface area contributed by atoms with Crippen molar-refractivity contribution < 1.29 is 13.9 Å². The van der Waals surface area contributed by atoms with E-state index in [2.05, 4.69) is 11.8 Å². The quantitative estimate of drug-likeness (QED) is 0.700. The molecule has 1 fully saturated rings. The lowest BCUT2D eigenvalue weighted by molar-refractivity contribution is -0.139. The van der Waals surface area contributed by atoms with Gasteiger partial charge >= 0.3 is 0 Å². The van der Waals surface area contributed by atoms with Gasteiger partial charge in [-0.25, -0.2) is 4.39 Å². The van der Waals surface area contributed by atoms with Gasteiger partial charge in [0.15, 0.2) is 6.61 Å². The highest BCUT2D eigenvalue weighted by Gasteiger charge is 2.32. The molecule has 2 atom stereocenters. The van der Waals surface area contributed by atoms with Crippen LogP contribution in [0.15, 0.2) is 42.5 Å².